The Morgan fingerprint density at radius 2 is 1.79 bits per heavy atom. The van der Waals surface area contributed by atoms with Gasteiger partial charge in [-0.1, -0.05) is 0 Å². The third-order valence-corrected chi connectivity index (χ3v) is 6.57. The number of ether oxygens (including phenoxy) is 2. The number of carbonyl (C=O) groups is 1. The Bertz CT molecular complexity index is 809. The molecule has 156 valence electrons. The van der Waals surface area contributed by atoms with Crippen LogP contribution in [-0.2, 0) is 14.6 Å². The molecule has 0 saturated carbocycles. The molecule has 1 aromatic heterocycles. The fourth-order valence-electron chi connectivity index (χ4n) is 4.13. The molecule has 1 aromatic rings. The van der Waals surface area contributed by atoms with Gasteiger partial charge in [0, 0.05) is 37.8 Å². The van der Waals surface area contributed by atoms with Crippen molar-refractivity contribution in [2.75, 3.05) is 50.8 Å². The van der Waals surface area contributed by atoms with Gasteiger partial charge in [-0.2, -0.15) is 9.97 Å². The van der Waals surface area contributed by atoms with Crippen molar-refractivity contribution in [2.24, 2.45) is 0 Å². The van der Waals surface area contributed by atoms with Crippen LogP contribution in [0.1, 0.15) is 32.1 Å². The molecule has 0 aromatic carbocycles. The fourth-order valence-corrected chi connectivity index (χ4v) is 4.65. The van der Waals surface area contributed by atoms with E-state index in [1.807, 2.05) is 4.90 Å². The average molecular weight is 413 g/mol. The lowest BCUT2D eigenvalue weighted by molar-refractivity contribution is -0.131. The summed E-state index contributed by atoms with van der Waals surface area (Å²) in [6, 6.07) is 1.63. The quantitative estimate of drug-likeness (QED) is 0.679. The van der Waals surface area contributed by atoms with Gasteiger partial charge in [0.1, 0.15) is 9.84 Å². The molecule has 1 atom stereocenters. The summed E-state index contributed by atoms with van der Waals surface area (Å²) >= 11 is 0. The van der Waals surface area contributed by atoms with Crippen molar-refractivity contribution in [3.63, 3.8) is 0 Å². The summed E-state index contributed by atoms with van der Waals surface area (Å²) in [5.41, 5.74) is -0.278. The summed E-state index contributed by atoms with van der Waals surface area (Å²) in [5.74, 6) is 1.47. The number of aromatic nitrogens is 2. The number of sulfone groups is 1. The molecule has 0 N–H and O–H groups in total. The molecule has 0 radical (unpaired) electrons. The Morgan fingerprint density at radius 3 is 2.39 bits per heavy atom. The van der Waals surface area contributed by atoms with E-state index in [0.29, 0.717) is 30.7 Å². The molecule has 10 heteroatoms. The van der Waals surface area contributed by atoms with Crippen molar-refractivity contribution in [3.8, 4) is 11.8 Å². The highest BCUT2D eigenvalue weighted by molar-refractivity contribution is 7.90. The predicted octanol–water partition coefficient (Wildman–Crippen LogP) is 0.890. The van der Waals surface area contributed by atoms with Crippen LogP contribution in [0.25, 0.3) is 0 Å². The second kappa shape index (κ2) is 8.10. The Hall–Kier alpha value is -2.10. The topological polar surface area (TPSA) is 102 Å². The Labute approximate surface area is 166 Å². The van der Waals surface area contributed by atoms with E-state index in [1.165, 1.54) is 6.26 Å². The molecular formula is C18H28N4O5S. The first-order valence-electron chi connectivity index (χ1n) is 9.46. The summed E-state index contributed by atoms with van der Waals surface area (Å²) < 4.78 is 33.7. The second-order valence-corrected chi connectivity index (χ2v) is 9.75. The van der Waals surface area contributed by atoms with Crippen LogP contribution < -0.4 is 14.4 Å². The maximum Gasteiger partial charge on any atom is 0.231 e. The van der Waals surface area contributed by atoms with Gasteiger partial charge in [0.05, 0.1) is 26.0 Å². The molecule has 2 saturated heterocycles. The van der Waals surface area contributed by atoms with E-state index in [4.69, 9.17) is 9.47 Å². The van der Waals surface area contributed by atoms with Crippen molar-refractivity contribution < 1.29 is 22.7 Å². The minimum atomic E-state index is -3.12. The molecule has 28 heavy (non-hydrogen) atoms. The van der Waals surface area contributed by atoms with Crippen LogP contribution in [0.15, 0.2) is 6.07 Å². The van der Waals surface area contributed by atoms with Gasteiger partial charge < -0.3 is 19.3 Å². The molecule has 0 unspecified atom stereocenters. The zero-order chi connectivity index (χ0) is 20.4. The van der Waals surface area contributed by atoms with Gasteiger partial charge in [0.2, 0.25) is 23.6 Å². The van der Waals surface area contributed by atoms with Crippen molar-refractivity contribution in [1.29, 1.82) is 0 Å². The van der Waals surface area contributed by atoms with E-state index < -0.39 is 9.84 Å². The molecule has 2 aliphatic rings. The highest BCUT2D eigenvalue weighted by atomic mass is 32.2. The molecule has 3 rings (SSSR count). The Morgan fingerprint density at radius 1 is 1.11 bits per heavy atom. The molecule has 2 fully saturated rings. The van der Waals surface area contributed by atoms with Crippen LogP contribution in [0.2, 0.25) is 0 Å². The highest BCUT2D eigenvalue weighted by Crippen LogP contribution is 2.39. The van der Waals surface area contributed by atoms with E-state index in [-0.39, 0.29) is 23.7 Å². The SMILES string of the molecule is COc1cc(OC)nc(N2CCC[C@@]3(CCC(=O)N3CCS(C)(=O)=O)CC2)n1. The van der Waals surface area contributed by atoms with Gasteiger partial charge in [0.15, 0.2) is 0 Å². The van der Waals surface area contributed by atoms with Gasteiger partial charge in [-0.25, -0.2) is 8.42 Å². The van der Waals surface area contributed by atoms with E-state index in [1.54, 1.807) is 20.3 Å². The van der Waals surface area contributed by atoms with E-state index >= 15 is 0 Å². The van der Waals surface area contributed by atoms with Crippen molar-refractivity contribution in [1.82, 2.24) is 14.9 Å². The summed E-state index contributed by atoms with van der Waals surface area (Å²) in [5, 5.41) is 0. The summed E-state index contributed by atoms with van der Waals surface area (Å²) in [4.78, 5) is 25.2. The highest BCUT2D eigenvalue weighted by Gasteiger charge is 2.45. The number of likely N-dealkylation sites (tertiary alicyclic amines) is 1. The third kappa shape index (κ3) is 4.48. The van der Waals surface area contributed by atoms with Crippen molar-refractivity contribution in [2.45, 2.75) is 37.6 Å². The zero-order valence-electron chi connectivity index (χ0n) is 16.7. The number of carbonyl (C=O) groups excluding carboxylic acids is 1. The molecule has 2 aliphatic heterocycles. The second-order valence-electron chi connectivity index (χ2n) is 7.49. The third-order valence-electron chi connectivity index (χ3n) is 5.65. The lowest BCUT2D eigenvalue weighted by Crippen LogP contribution is -2.48. The number of nitrogens with zero attached hydrogens (tertiary/aromatic N) is 4. The van der Waals surface area contributed by atoms with Crippen LogP contribution in [0.4, 0.5) is 5.95 Å². The average Bonchev–Trinajstić information content (AvgIpc) is 2.82. The van der Waals surface area contributed by atoms with Crippen LogP contribution in [0, 0.1) is 0 Å². The molecule has 1 amide bonds. The minimum absolute atomic E-state index is 0.000395. The van der Waals surface area contributed by atoms with Crippen LogP contribution in [-0.4, -0.2) is 80.6 Å². The van der Waals surface area contributed by atoms with Crippen molar-refractivity contribution in [3.05, 3.63) is 6.07 Å². The number of rotatable bonds is 6. The van der Waals surface area contributed by atoms with E-state index in [2.05, 4.69) is 14.9 Å². The molecular weight excluding hydrogens is 384 g/mol. The van der Waals surface area contributed by atoms with Gasteiger partial charge in [-0.05, 0) is 25.7 Å². The van der Waals surface area contributed by atoms with Gasteiger partial charge in [-0.15, -0.1) is 0 Å². The van der Waals surface area contributed by atoms with E-state index in [9.17, 15) is 13.2 Å². The number of methoxy groups -OCH3 is 2. The maximum absolute atomic E-state index is 12.5. The molecule has 3 heterocycles. The van der Waals surface area contributed by atoms with E-state index in [0.717, 1.165) is 32.2 Å². The number of anilines is 1. The van der Waals surface area contributed by atoms with Crippen LogP contribution in [0.5, 0.6) is 11.8 Å². The number of hydrogen-bond acceptors (Lipinski definition) is 8. The van der Waals surface area contributed by atoms with Gasteiger partial charge >= 0.3 is 0 Å². The first kappa shape index (κ1) is 20.6. The van der Waals surface area contributed by atoms with Gasteiger partial charge in [0.25, 0.3) is 0 Å². The predicted molar refractivity (Wildman–Crippen MR) is 105 cm³/mol. The lowest BCUT2D eigenvalue weighted by Gasteiger charge is -2.38. The Balaban J connectivity index is 1.77. The van der Waals surface area contributed by atoms with Crippen molar-refractivity contribution >= 4 is 21.7 Å². The summed E-state index contributed by atoms with van der Waals surface area (Å²) in [6.45, 7) is 1.70. The molecule has 0 bridgehead atoms. The zero-order valence-corrected chi connectivity index (χ0v) is 17.5. The first-order chi connectivity index (χ1) is 13.3. The monoisotopic (exact) mass is 412 g/mol. The molecule has 9 nitrogen and oxygen atoms in total. The Kier molecular flexibility index (Phi) is 5.97. The smallest absolute Gasteiger partial charge is 0.231 e. The molecule has 0 aliphatic carbocycles. The number of hydrogen-bond donors (Lipinski definition) is 0. The molecule has 1 spiro atoms. The van der Waals surface area contributed by atoms with Crippen LogP contribution in [0.3, 0.4) is 0 Å². The fraction of sp³-hybridized carbons (Fsp3) is 0.722. The standard InChI is InChI=1S/C18H28N4O5S/c1-26-14-13-15(27-2)20-17(19-14)21-9-4-6-18(8-10-21)7-5-16(23)22(18)11-12-28(3,24)25/h13H,4-12H2,1-3H3/t18-/m1/s1. The normalized spacial score (nSPS) is 23.2. The summed E-state index contributed by atoms with van der Waals surface area (Å²) in [7, 11) is -0.0239. The summed E-state index contributed by atoms with van der Waals surface area (Å²) in [6.07, 6.45) is 4.93. The first-order valence-corrected chi connectivity index (χ1v) is 11.5. The number of amides is 1. The maximum atomic E-state index is 12.5. The minimum Gasteiger partial charge on any atom is -0.481 e. The lowest BCUT2D eigenvalue weighted by atomic mass is 9.88. The van der Waals surface area contributed by atoms with Crippen LogP contribution >= 0.6 is 0 Å². The largest absolute Gasteiger partial charge is 0.481 e. The van der Waals surface area contributed by atoms with Gasteiger partial charge in [-0.3, -0.25) is 4.79 Å².